The van der Waals surface area contributed by atoms with Crippen molar-refractivity contribution in [2.75, 3.05) is 13.2 Å². The third-order valence-corrected chi connectivity index (χ3v) is 2.98. The van der Waals surface area contributed by atoms with Gasteiger partial charge in [0, 0.05) is 6.04 Å². The summed E-state index contributed by atoms with van der Waals surface area (Å²) in [6, 6.07) is 3.39. The zero-order chi connectivity index (χ0) is 14.3. The first-order chi connectivity index (χ1) is 9.02. The molecule has 0 aliphatic rings. The summed E-state index contributed by atoms with van der Waals surface area (Å²) in [4.78, 5) is 24.3. The van der Waals surface area contributed by atoms with Crippen molar-refractivity contribution in [2.24, 2.45) is 0 Å². The van der Waals surface area contributed by atoms with Crippen LogP contribution in [0.5, 0.6) is 0 Å². The second kappa shape index (κ2) is 7.56. The predicted octanol–water partition coefficient (Wildman–Crippen LogP) is 0.346. The Morgan fingerprint density at radius 3 is 2.79 bits per heavy atom. The molecule has 2 amide bonds. The smallest absolute Gasteiger partial charge is 0.261 e. The monoisotopic (exact) mass is 280 g/mol. The Labute approximate surface area is 116 Å². The summed E-state index contributed by atoms with van der Waals surface area (Å²) in [5.41, 5.74) is 0. The molecule has 0 bridgehead atoms. The second-order valence-electron chi connectivity index (χ2n) is 4.03. The number of hydrogen-bond acceptors (Lipinski definition) is 4. The van der Waals surface area contributed by atoms with Gasteiger partial charge in [0.25, 0.3) is 5.91 Å². The molecule has 1 aromatic rings. The van der Waals surface area contributed by atoms with Gasteiger partial charge >= 0.3 is 0 Å². The number of amides is 2. The van der Waals surface area contributed by atoms with E-state index in [1.165, 1.54) is 11.3 Å². The molecule has 0 aliphatic carbocycles. The Kier molecular flexibility index (Phi) is 6.06. The molecule has 0 spiro atoms. The number of aliphatic hydroxyl groups is 1. The summed E-state index contributed by atoms with van der Waals surface area (Å²) in [5, 5.41) is 13.8. The molecule has 0 unspecified atom stereocenters. The summed E-state index contributed by atoms with van der Waals surface area (Å²) in [6.07, 6.45) is 0. The minimum atomic E-state index is -0.305. The largest absolute Gasteiger partial charge is 0.384 e. The van der Waals surface area contributed by atoms with E-state index in [-0.39, 0.29) is 31.0 Å². The lowest BCUT2D eigenvalue weighted by Crippen LogP contribution is -2.39. The minimum absolute atomic E-state index is 0.0477. The fourth-order valence-corrected chi connectivity index (χ4v) is 2.07. The summed E-state index contributed by atoms with van der Waals surface area (Å²) in [6.45, 7) is 3.44. The van der Waals surface area contributed by atoms with E-state index in [1.54, 1.807) is 12.1 Å². The molecule has 0 aromatic carbocycles. The molecule has 0 saturated heterocycles. The van der Waals surface area contributed by atoms with Crippen molar-refractivity contribution >= 4 is 23.2 Å². The molecule has 5 nitrogen and oxygen atoms in total. The van der Waals surface area contributed by atoms with Gasteiger partial charge in [0.1, 0.15) is 6.61 Å². The average molecular weight is 280 g/mol. The van der Waals surface area contributed by atoms with E-state index < -0.39 is 0 Å². The highest BCUT2D eigenvalue weighted by molar-refractivity contribution is 7.14. The molecule has 3 N–H and O–H groups in total. The minimum Gasteiger partial charge on any atom is -0.384 e. The number of hydrogen-bond donors (Lipinski definition) is 3. The summed E-state index contributed by atoms with van der Waals surface area (Å²) < 4.78 is 0. The van der Waals surface area contributed by atoms with Crippen LogP contribution in [-0.2, 0) is 4.79 Å². The molecule has 0 atom stereocenters. The van der Waals surface area contributed by atoms with Gasteiger partial charge in [-0.05, 0) is 26.0 Å². The summed E-state index contributed by atoms with van der Waals surface area (Å²) in [7, 11) is 0. The van der Waals surface area contributed by atoms with Crippen molar-refractivity contribution in [1.82, 2.24) is 10.6 Å². The van der Waals surface area contributed by atoms with Crippen LogP contribution < -0.4 is 10.6 Å². The standard InChI is InChI=1S/C13H16N2O3S/c1-9(2)15-12(17)8-14-13(18)11-6-5-10(19-11)4-3-7-16/h5-6,9,16H,7-8H2,1-2H3,(H,14,18)(H,15,17). The zero-order valence-electron chi connectivity index (χ0n) is 10.8. The highest BCUT2D eigenvalue weighted by Crippen LogP contribution is 2.14. The molecule has 0 radical (unpaired) electrons. The highest BCUT2D eigenvalue weighted by atomic mass is 32.1. The van der Waals surface area contributed by atoms with Gasteiger partial charge in [-0.15, -0.1) is 11.3 Å². The average Bonchev–Trinajstić information content (AvgIpc) is 2.81. The van der Waals surface area contributed by atoms with Crippen LogP contribution in [0.15, 0.2) is 12.1 Å². The van der Waals surface area contributed by atoms with E-state index >= 15 is 0 Å². The fraction of sp³-hybridized carbons (Fsp3) is 0.385. The van der Waals surface area contributed by atoms with E-state index in [9.17, 15) is 9.59 Å². The van der Waals surface area contributed by atoms with Crippen LogP contribution in [-0.4, -0.2) is 36.1 Å². The van der Waals surface area contributed by atoms with Gasteiger partial charge in [0.2, 0.25) is 5.91 Å². The Morgan fingerprint density at radius 2 is 2.16 bits per heavy atom. The summed E-state index contributed by atoms with van der Waals surface area (Å²) >= 11 is 1.22. The Balaban J connectivity index is 2.50. The molecule has 0 saturated carbocycles. The highest BCUT2D eigenvalue weighted by Gasteiger charge is 2.10. The van der Waals surface area contributed by atoms with Crippen molar-refractivity contribution in [3.8, 4) is 11.8 Å². The molecule has 6 heteroatoms. The van der Waals surface area contributed by atoms with Crippen LogP contribution in [0.4, 0.5) is 0 Å². The van der Waals surface area contributed by atoms with E-state index in [0.717, 1.165) is 0 Å². The Morgan fingerprint density at radius 1 is 1.42 bits per heavy atom. The van der Waals surface area contributed by atoms with Crippen molar-refractivity contribution in [2.45, 2.75) is 19.9 Å². The van der Waals surface area contributed by atoms with Crippen LogP contribution in [0, 0.1) is 11.8 Å². The van der Waals surface area contributed by atoms with Crippen LogP contribution in [0.1, 0.15) is 28.4 Å². The van der Waals surface area contributed by atoms with E-state index in [4.69, 9.17) is 5.11 Å². The number of thiophene rings is 1. The quantitative estimate of drug-likeness (QED) is 0.696. The fourth-order valence-electron chi connectivity index (χ4n) is 1.27. The molecule has 1 aromatic heterocycles. The molecular formula is C13H16N2O3S. The Bertz CT molecular complexity index is 511. The first kappa shape index (κ1) is 15.2. The lowest BCUT2D eigenvalue weighted by atomic mass is 10.3. The van der Waals surface area contributed by atoms with E-state index in [2.05, 4.69) is 22.5 Å². The van der Waals surface area contributed by atoms with Gasteiger partial charge in [-0.2, -0.15) is 0 Å². The molecule has 0 fully saturated rings. The maximum atomic E-state index is 11.7. The van der Waals surface area contributed by atoms with E-state index in [0.29, 0.717) is 9.75 Å². The predicted molar refractivity (Wildman–Crippen MR) is 73.9 cm³/mol. The molecule has 102 valence electrons. The molecule has 1 rings (SSSR count). The second-order valence-corrected chi connectivity index (χ2v) is 5.11. The van der Waals surface area contributed by atoms with Gasteiger partial charge in [0.05, 0.1) is 16.3 Å². The zero-order valence-corrected chi connectivity index (χ0v) is 11.6. The molecule has 19 heavy (non-hydrogen) atoms. The lowest BCUT2D eigenvalue weighted by Gasteiger charge is -2.08. The lowest BCUT2D eigenvalue weighted by molar-refractivity contribution is -0.120. The summed E-state index contributed by atoms with van der Waals surface area (Å²) in [5.74, 6) is 4.70. The van der Waals surface area contributed by atoms with Crippen molar-refractivity contribution in [3.63, 3.8) is 0 Å². The van der Waals surface area contributed by atoms with Crippen molar-refractivity contribution < 1.29 is 14.7 Å². The topological polar surface area (TPSA) is 78.4 Å². The number of carbonyl (C=O) groups is 2. The van der Waals surface area contributed by atoms with Crippen molar-refractivity contribution in [1.29, 1.82) is 0 Å². The van der Waals surface area contributed by atoms with Gasteiger partial charge in [-0.3, -0.25) is 9.59 Å². The number of nitrogens with one attached hydrogen (secondary N) is 2. The number of carbonyl (C=O) groups excluding carboxylic acids is 2. The maximum absolute atomic E-state index is 11.7. The normalized spacial score (nSPS) is 9.68. The first-order valence-corrected chi connectivity index (χ1v) is 6.61. The van der Waals surface area contributed by atoms with Gasteiger partial charge < -0.3 is 15.7 Å². The van der Waals surface area contributed by atoms with Crippen LogP contribution in [0.25, 0.3) is 0 Å². The molecular weight excluding hydrogens is 264 g/mol. The molecule has 1 heterocycles. The van der Waals surface area contributed by atoms with E-state index in [1.807, 2.05) is 13.8 Å². The van der Waals surface area contributed by atoms with Crippen molar-refractivity contribution in [3.05, 3.63) is 21.9 Å². The Hall–Kier alpha value is -1.84. The van der Waals surface area contributed by atoms with Crippen LogP contribution >= 0.6 is 11.3 Å². The first-order valence-electron chi connectivity index (χ1n) is 5.80. The maximum Gasteiger partial charge on any atom is 0.261 e. The van der Waals surface area contributed by atoms with Gasteiger partial charge in [-0.1, -0.05) is 11.8 Å². The third-order valence-electron chi connectivity index (χ3n) is 1.98. The SMILES string of the molecule is CC(C)NC(=O)CNC(=O)c1ccc(C#CCO)s1. The molecule has 0 aliphatic heterocycles. The number of rotatable bonds is 4. The van der Waals surface area contributed by atoms with Gasteiger partial charge in [0.15, 0.2) is 0 Å². The van der Waals surface area contributed by atoms with Crippen LogP contribution in [0.2, 0.25) is 0 Å². The number of aliphatic hydroxyl groups excluding tert-OH is 1. The van der Waals surface area contributed by atoms with Crippen LogP contribution in [0.3, 0.4) is 0 Å². The van der Waals surface area contributed by atoms with Gasteiger partial charge in [-0.25, -0.2) is 0 Å². The third kappa shape index (κ3) is 5.55.